The molecule has 5 nitrogen and oxygen atoms in total. The second kappa shape index (κ2) is 5.06. The fourth-order valence-corrected chi connectivity index (χ4v) is 1.26. The van der Waals surface area contributed by atoms with E-state index in [0.717, 1.165) is 5.56 Å². The van der Waals surface area contributed by atoms with Gasteiger partial charge in [-0.15, -0.1) is 0 Å². The molecule has 0 atom stereocenters. The van der Waals surface area contributed by atoms with Crippen molar-refractivity contribution in [1.82, 2.24) is 15.5 Å². The van der Waals surface area contributed by atoms with Gasteiger partial charge in [0.15, 0.2) is 0 Å². The predicted molar refractivity (Wildman–Crippen MR) is 56.3 cm³/mol. The zero-order valence-electron chi connectivity index (χ0n) is 8.59. The third kappa shape index (κ3) is 2.91. The van der Waals surface area contributed by atoms with Gasteiger partial charge in [0, 0.05) is 25.0 Å². The minimum Gasteiger partial charge on any atom is -0.364 e. The fraction of sp³-hybridized carbons (Fsp3) is 0.182. The number of hydrogen-bond acceptors (Lipinski definition) is 4. The summed E-state index contributed by atoms with van der Waals surface area (Å²) < 4.78 is 4.64. The first-order valence-electron chi connectivity index (χ1n) is 4.89. The van der Waals surface area contributed by atoms with Crippen LogP contribution in [-0.4, -0.2) is 16.0 Å². The molecule has 1 amide bonds. The average molecular weight is 217 g/mol. The summed E-state index contributed by atoms with van der Waals surface area (Å²) in [6, 6.07) is 5.39. The van der Waals surface area contributed by atoms with Crippen LogP contribution in [0, 0.1) is 0 Å². The van der Waals surface area contributed by atoms with Crippen molar-refractivity contribution in [2.75, 3.05) is 0 Å². The molecule has 0 spiro atoms. The number of pyridine rings is 1. The highest BCUT2D eigenvalue weighted by atomic mass is 16.5. The first-order chi connectivity index (χ1) is 7.84. The Kier molecular flexibility index (Phi) is 3.28. The number of hydrogen-bond donors (Lipinski definition) is 1. The normalized spacial score (nSPS) is 10.0. The lowest BCUT2D eigenvalue weighted by Crippen LogP contribution is -2.24. The molecule has 82 valence electrons. The summed E-state index contributed by atoms with van der Waals surface area (Å²) in [6.07, 6.45) is 5.07. The summed E-state index contributed by atoms with van der Waals surface area (Å²) in [5.41, 5.74) is 1.65. The summed E-state index contributed by atoms with van der Waals surface area (Å²) in [4.78, 5) is 15.4. The van der Waals surface area contributed by atoms with Crippen molar-refractivity contribution < 1.29 is 9.32 Å². The number of rotatable bonds is 4. The molecule has 2 heterocycles. The Hall–Kier alpha value is -2.17. The van der Waals surface area contributed by atoms with Crippen molar-refractivity contribution in [3.05, 3.63) is 48.1 Å². The largest absolute Gasteiger partial charge is 0.364 e. The molecule has 0 fully saturated rings. The SMILES string of the molecule is O=C(Cc1ccon1)NCc1ccncc1. The highest BCUT2D eigenvalue weighted by Gasteiger charge is 2.05. The lowest BCUT2D eigenvalue weighted by atomic mass is 10.2. The van der Waals surface area contributed by atoms with Gasteiger partial charge >= 0.3 is 0 Å². The van der Waals surface area contributed by atoms with E-state index >= 15 is 0 Å². The standard InChI is InChI=1S/C11H11N3O2/c15-11(7-10-3-6-16-14-10)13-8-9-1-4-12-5-2-9/h1-6H,7-8H2,(H,13,15). The van der Waals surface area contributed by atoms with Gasteiger partial charge in [0.2, 0.25) is 5.91 Å². The van der Waals surface area contributed by atoms with Crippen molar-refractivity contribution >= 4 is 5.91 Å². The Morgan fingerprint density at radius 3 is 2.81 bits per heavy atom. The highest BCUT2D eigenvalue weighted by Crippen LogP contribution is 1.98. The number of aromatic nitrogens is 2. The molecular formula is C11H11N3O2. The Balaban J connectivity index is 1.80. The van der Waals surface area contributed by atoms with Gasteiger partial charge < -0.3 is 9.84 Å². The zero-order valence-corrected chi connectivity index (χ0v) is 8.59. The number of carbonyl (C=O) groups excluding carboxylic acids is 1. The van der Waals surface area contributed by atoms with Crippen LogP contribution in [0.3, 0.4) is 0 Å². The van der Waals surface area contributed by atoms with Gasteiger partial charge in [-0.3, -0.25) is 9.78 Å². The monoisotopic (exact) mass is 217 g/mol. The molecule has 0 saturated carbocycles. The van der Waals surface area contributed by atoms with Crippen molar-refractivity contribution in [3.63, 3.8) is 0 Å². The van der Waals surface area contributed by atoms with E-state index in [4.69, 9.17) is 0 Å². The first kappa shape index (κ1) is 10.4. The smallest absolute Gasteiger partial charge is 0.226 e. The van der Waals surface area contributed by atoms with Crippen LogP contribution in [0.4, 0.5) is 0 Å². The van der Waals surface area contributed by atoms with Crippen molar-refractivity contribution in [2.24, 2.45) is 0 Å². The van der Waals surface area contributed by atoms with E-state index < -0.39 is 0 Å². The summed E-state index contributed by atoms with van der Waals surface area (Å²) in [5, 5.41) is 6.45. The molecule has 0 bridgehead atoms. The van der Waals surface area contributed by atoms with Gasteiger partial charge in [0.25, 0.3) is 0 Å². The molecular weight excluding hydrogens is 206 g/mol. The highest BCUT2D eigenvalue weighted by molar-refractivity contribution is 5.77. The molecule has 0 unspecified atom stereocenters. The topological polar surface area (TPSA) is 68.0 Å². The molecule has 2 rings (SSSR count). The van der Waals surface area contributed by atoms with E-state index in [9.17, 15) is 4.79 Å². The van der Waals surface area contributed by atoms with E-state index in [2.05, 4.69) is 20.0 Å². The fourth-order valence-electron chi connectivity index (χ4n) is 1.26. The zero-order chi connectivity index (χ0) is 11.2. The number of nitrogens with one attached hydrogen (secondary N) is 1. The van der Waals surface area contributed by atoms with Crippen LogP contribution in [0.25, 0.3) is 0 Å². The van der Waals surface area contributed by atoms with Crippen LogP contribution >= 0.6 is 0 Å². The minimum absolute atomic E-state index is 0.0780. The third-order valence-corrected chi connectivity index (χ3v) is 2.07. The Morgan fingerprint density at radius 2 is 2.12 bits per heavy atom. The second-order valence-electron chi connectivity index (χ2n) is 3.30. The van der Waals surface area contributed by atoms with E-state index in [0.29, 0.717) is 12.2 Å². The maximum absolute atomic E-state index is 11.5. The van der Waals surface area contributed by atoms with Gasteiger partial charge in [0.05, 0.1) is 12.1 Å². The van der Waals surface area contributed by atoms with Crippen molar-refractivity contribution in [2.45, 2.75) is 13.0 Å². The summed E-state index contributed by atoms with van der Waals surface area (Å²) in [7, 11) is 0. The molecule has 0 aliphatic carbocycles. The van der Waals surface area contributed by atoms with Crippen LogP contribution in [-0.2, 0) is 17.8 Å². The van der Waals surface area contributed by atoms with Crippen LogP contribution in [0.2, 0.25) is 0 Å². The Morgan fingerprint density at radius 1 is 1.31 bits per heavy atom. The molecule has 0 aromatic carbocycles. The molecule has 0 aliphatic rings. The summed E-state index contributed by atoms with van der Waals surface area (Å²) in [6.45, 7) is 0.499. The number of carbonyl (C=O) groups is 1. The molecule has 0 radical (unpaired) electrons. The van der Waals surface area contributed by atoms with Crippen LogP contribution in [0.1, 0.15) is 11.3 Å². The molecule has 5 heteroatoms. The van der Waals surface area contributed by atoms with Crippen molar-refractivity contribution in [1.29, 1.82) is 0 Å². The van der Waals surface area contributed by atoms with Gasteiger partial charge in [0.1, 0.15) is 6.26 Å². The average Bonchev–Trinajstić information content (AvgIpc) is 2.81. The van der Waals surface area contributed by atoms with E-state index in [-0.39, 0.29) is 12.3 Å². The second-order valence-corrected chi connectivity index (χ2v) is 3.30. The Labute approximate surface area is 92.5 Å². The van der Waals surface area contributed by atoms with Crippen molar-refractivity contribution in [3.8, 4) is 0 Å². The van der Waals surface area contributed by atoms with Gasteiger partial charge in [-0.25, -0.2) is 0 Å². The predicted octanol–water partition coefficient (Wildman–Crippen LogP) is 0.928. The van der Waals surface area contributed by atoms with Crippen LogP contribution < -0.4 is 5.32 Å². The maximum atomic E-state index is 11.5. The van der Waals surface area contributed by atoms with Crippen LogP contribution in [0.5, 0.6) is 0 Å². The molecule has 0 saturated heterocycles. The van der Waals surface area contributed by atoms with Gasteiger partial charge in [-0.05, 0) is 17.7 Å². The number of amides is 1. The summed E-state index contributed by atoms with van der Waals surface area (Å²) >= 11 is 0. The maximum Gasteiger partial charge on any atom is 0.226 e. The minimum atomic E-state index is -0.0780. The lowest BCUT2D eigenvalue weighted by molar-refractivity contribution is -0.120. The number of nitrogens with zero attached hydrogens (tertiary/aromatic N) is 2. The van der Waals surface area contributed by atoms with Gasteiger partial charge in [-0.1, -0.05) is 5.16 Å². The van der Waals surface area contributed by atoms with E-state index in [1.807, 2.05) is 12.1 Å². The van der Waals surface area contributed by atoms with Crippen LogP contribution in [0.15, 0.2) is 41.4 Å². The van der Waals surface area contributed by atoms with E-state index in [1.165, 1.54) is 6.26 Å². The van der Waals surface area contributed by atoms with E-state index in [1.54, 1.807) is 18.5 Å². The quantitative estimate of drug-likeness (QED) is 0.827. The van der Waals surface area contributed by atoms with Gasteiger partial charge in [-0.2, -0.15) is 0 Å². The molecule has 2 aromatic heterocycles. The molecule has 16 heavy (non-hydrogen) atoms. The molecule has 1 N–H and O–H groups in total. The Bertz CT molecular complexity index is 440. The third-order valence-electron chi connectivity index (χ3n) is 2.07. The lowest BCUT2D eigenvalue weighted by Gasteiger charge is -2.03. The molecule has 0 aliphatic heterocycles. The summed E-state index contributed by atoms with van der Waals surface area (Å²) in [5.74, 6) is -0.0780. The molecule has 2 aromatic rings. The first-order valence-corrected chi connectivity index (χ1v) is 4.89.